The van der Waals surface area contributed by atoms with Crippen molar-refractivity contribution in [2.45, 2.75) is 371 Å². The van der Waals surface area contributed by atoms with Crippen LogP contribution < -0.4 is 0 Å². The van der Waals surface area contributed by atoms with E-state index in [4.69, 9.17) is 0 Å². The van der Waals surface area contributed by atoms with Gasteiger partial charge in [-0.15, -0.1) is 0 Å². The summed E-state index contributed by atoms with van der Waals surface area (Å²) in [5.74, 6) is 34.1. The molecule has 0 aliphatic heterocycles. The number of hydrogen-bond acceptors (Lipinski definition) is 0. The van der Waals surface area contributed by atoms with Crippen LogP contribution in [0, 0.1) is 162 Å². The maximum absolute atomic E-state index is 3.17. The van der Waals surface area contributed by atoms with Crippen molar-refractivity contribution < 1.29 is 0 Å². The van der Waals surface area contributed by atoms with Gasteiger partial charge < -0.3 is 0 Å². The summed E-state index contributed by atoms with van der Waals surface area (Å²) in [6.45, 7) is 106. The molecular formula is C82H168. The molecule has 0 spiro atoms. The van der Waals surface area contributed by atoms with Crippen molar-refractivity contribution in [2.24, 2.45) is 114 Å². The molecule has 0 aliphatic rings. The maximum atomic E-state index is 3.17. The summed E-state index contributed by atoms with van der Waals surface area (Å²) in [5, 5.41) is 0. The first kappa shape index (κ1) is 102. The zero-order chi connectivity index (χ0) is 68.8. The first-order valence-corrected chi connectivity index (χ1v) is 33.7. The highest BCUT2D eigenvalue weighted by molar-refractivity contribution is 5.10. The lowest BCUT2D eigenvalue weighted by molar-refractivity contribution is 0.320. The fourth-order valence-electron chi connectivity index (χ4n) is 8.23. The average molecular weight is 1150 g/mol. The van der Waals surface area contributed by atoms with Crippen molar-refractivity contribution in [1.29, 1.82) is 0 Å². The minimum Gasteiger partial charge on any atom is -0.0999 e. The highest BCUT2D eigenvalue weighted by Crippen LogP contribution is 2.26. The predicted octanol–water partition coefficient (Wildman–Crippen LogP) is 28.5. The minimum atomic E-state index is 0.171. The molecule has 0 aliphatic carbocycles. The zero-order valence-electron chi connectivity index (χ0n) is 67.2. The number of hydrogen-bond donors (Lipinski definition) is 0. The molecule has 0 heteroatoms. The van der Waals surface area contributed by atoms with Crippen molar-refractivity contribution in [3.63, 3.8) is 0 Å². The first-order chi connectivity index (χ1) is 35.6. The number of rotatable bonds is 8. The lowest BCUT2D eigenvalue weighted by Crippen LogP contribution is -2.08. The smallest absolute Gasteiger partial charge is 0.0230 e. The van der Waals surface area contributed by atoms with Gasteiger partial charge in [0, 0.05) is 45.3 Å². The molecule has 0 unspecified atom stereocenters. The molecule has 0 saturated heterocycles. The average Bonchev–Trinajstić information content (AvgIpc) is 3.11. The predicted molar refractivity (Wildman–Crippen MR) is 393 cm³/mol. The van der Waals surface area contributed by atoms with E-state index in [0.717, 1.165) is 47.3 Å². The summed E-state index contributed by atoms with van der Waals surface area (Å²) < 4.78 is 0. The second-order valence-electron chi connectivity index (χ2n) is 37.4. The topological polar surface area (TPSA) is 0 Å². The summed E-state index contributed by atoms with van der Waals surface area (Å²) >= 11 is 0. The Bertz CT molecular complexity index is 1350. The Kier molecular flexibility index (Phi) is 65.2. The molecule has 0 radical (unpaired) electrons. The Labute approximate surface area is 529 Å². The molecule has 0 amide bonds. The van der Waals surface area contributed by atoms with Gasteiger partial charge in [0.25, 0.3) is 0 Å². The molecule has 0 atom stereocenters. The van der Waals surface area contributed by atoms with Crippen LogP contribution in [0.25, 0.3) is 0 Å². The Morgan fingerprint density at radius 1 is 0.183 bits per heavy atom. The van der Waals surface area contributed by atoms with Gasteiger partial charge in [-0.3, -0.25) is 0 Å². The summed E-state index contributed by atoms with van der Waals surface area (Å²) in [6.07, 6.45) is 8.03. The van der Waals surface area contributed by atoms with Gasteiger partial charge in [-0.1, -0.05) is 297 Å². The Balaban J connectivity index is -0.0000000879. The van der Waals surface area contributed by atoms with E-state index in [1.807, 2.05) is 0 Å². The van der Waals surface area contributed by atoms with E-state index in [1.165, 1.54) is 38.5 Å². The van der Waals surface area contributed by atoms with Gasteiger partial charge in [-0.05, 0) is 191 Å². The van der Waals surface area contributed by atoms with Gasteiger partial charge in [-0.2, -0.15) is 0 Å². The molecule has 0 heterocycles. The van der Waals surface area contributed by atoms with E-state index in [2.05, 4.69) is 380 Å². The monoisotopic (exact) mass is 1150 g/mol. The normalized spacial score (nSPS) is 11.7. The first-order valence-electron chi connectivity index (χ1n) is 33.7. The molecule has 0 rings (SSSR count). The van der Waals surface area contributed by atoms with Crippen molar-refractivity contribution >= 4 is 0 Å². The van der Waals surface area contributed by atoms with E-state index in [9.17, 15) is 0 Å². The highest BCUT2D eigenvalue weighted by atomic mass is 14.2. The van der Waals surface area contributed by atoms with Crippen LogP contribution in [-0.4, -0.2) is 0 Å². The van der Waals surface area contributed by atoms with E-state index < -0.39 is 0 Å². The van der Waals surface area contributed by atoms with Gasteiger partial charge in [0.1, 0.15) is 0 Å². The Hall–Kier alpha value is -1.76. The van der Waals surface area contributed by atoms with Gasteiger partial charge in [-0.25, -0.2) is 0 Å². The molecule has 0 aromatic heterocycles. The third kappa shape index (κ3) is 185. The van der Waals surface area contributed by atoms with E-state index in [-0.39, 0.29) is 21.7 Å². The van der Waals surface area contributed by atoms with Gasteiger partial charge in [0.15, 0.2) is 0 Å². The van der Waals surface area contributed by atoms with Crippen LogP contribution in [0.5, 0.6) is 0 Å². The molecule has 0 bridgehead atoms. The van der Waals surface area contributed by atoms with Crippen LogP contribution in [-0.2, 0) is 0 Å². The zero-order valence-corrected chi connectivity index (χ0v) is 67.2. The van der Waals surface area contributed by atoms with Gasteiger partial charge in [0.05, 0.1) is 0 Å². The van der Waals surface area contributed by atoms with Crippen LogP contribution in [0.1, 0.15) is 371 Å². The summed E-state index contributed by atoms with van der Waals surface area (Å²) in [7, 11) is 0. The minimum absolute atomic E-state index is 0.171. The maximum Gasteiger partial charge on any atom is 0.0230 e. The molecular weight excluding hydrogens is 985 g/mol. The summed E-state index contributed by atoms with van der Waals surface area (Å²) in [4.78, 5) is 0. The van der Waals surface area contributed by atoms with E-state index in [0.29, 0.717) is 45.3 Å². The standard InChI is InChI=1S/4C9H16.4C8H18.2C7H16/c4*1-8(2)6-7-9(3,4)5;4*1-7(2)6-8(3,4)5;2*1-6(2)5-7(3)4/h4*8H,1-5H3;4*7H,6H2,1-5H3;2*6-7H,5H2,1-4H3. The van der Waals surface area contributed by atoms with Crippen molar-refractivity contribution in [3.05, 3.63) is 0 Å². The van der Waals surface area contributed by atoms with Crippen molar-refractivity contribution in [1.82, 2.24) is 0 Å². The lowest BCUT2D eigenvalue weighted by atomic mass is 9.86. The fraction of sp³-hybridized carbons (Fsp3) is 0.902. The Morgan fingerprint density at radius 2 is 0.293 bits per heavy atom. The fourth-order valence-corrected chi connectivity index (χ4v) is 8.23. The van der Waals surface area contributed by atoms with Crippen molar-refractivity contribution in [2.75, 3.05) is 0 Å². The molecule has 82 heavy (non-hydrogen) atoms. The third-order valence-corrected chi connectivity index (χ3v) is 8.91. The largest absolute Gasteiger partial charge is 0.0999 e. The summed E-state index contributed by atoms with van der Waals surface area (Å²) in [6, 6.07) is 0. The second kappa shape index (κ2) is 52.4. The van der Waals surface area contributed by atoms with Crippen LogP contribution in [0.15, 0.2) is 0 Å². The second-order valence-corrected chi connectivity index (χ2v) is 37.4. The molecule has 0 fully saturated rings. The molecule has 0 saturated carbocycles. The molecule has 0 aromatic rings. The van der Waals surface area contributed by atoms with Crippen molar-refractivity contribution in [3.8, 4) is 47.4 Å². The molecule has 0 N–H and O–H groups in total. The van der Waals surface area contributed by atoms with Crippen LogP contribution >= 0.6 is 0 Å². The molecule has 496 valence electrons. The quantitative estimate of drug-likeness (QED) is 0.213. The van der Waals surface area contributed by atoms with Crippen LogP contribution in [0.3, 0.4) is 0 Å². The lowest BCUT2D eigenvalue weighted by Gasteiger charge is -2.20. The third-order valence-electron chi connectivity index (χ3n) is 8.91. The van der Waals surface area contributed by atoms with Crippen LogP contribution in [0.2, 0.25) is 0 Å². The van der Waals surface area contributed by atoms with E-state index in [1.54, 1.807) is 0 Å². The highest BCUT2D eigenvalue weighted by Gasteiger charge is 2.14. The molecule has 0 aromatic carbocycles. The van der Waals surface area contributed by atoms with Gasteiger partial charge in [0.2, 0.25) is 0 Å². The Morgan fingerprint density at radius 3 is 0.305 bits per heavy atom. The van der Waals surface area contributed by atoms with E-state index >= 15 is 0 Å². The van der Waals surface area contributed by atoms with Gasteiger partial charge >= 0.3 is 0 Å². The summed E-state index contributed by atoms with van der Waals surface area (Å²) in [5.41, 5.74) is 2.77. The van der Waals surface area contributed by atoms with Crippen LogP contribution in [0.4, 0.5) is 0 Å². The SMILES string of the molecule is CC(C)C#CC(C)(C)C.CC(C)C#CC(C)(C)C.CC(C)C#CC(C)(C)C.CC(C)C#CC(C)(C)C.CC(C)CC(C)(C)C.CC(C)CC(C)(C)C.CC(C)CC(C)(C)C.CC(C)CC(C)(C)C.CC(C)CC(C)C.CC(C)CC(C)C. The molecule has 0 nitrogen and oxygen atoms in total.